The topological polar surface area (TPSA) is 104 Å². The number of nitrogens with one attached hydrogen (secondary N) is 1. The van der Waals surface area contributed by atoms with Gasteiger partial charge in [-0.3, -0.25) is 4.72 Å². The molecule has 13 heteroatoms. The molecule has 0 atom stereocenters. The second-order valence-corrected chi connectivity index (χ2v) is 14.1. The minimum atomic E-state index is -4.43. The molecule has 0 radical (unpaired) electrons. The van der Waals surface area contributed by atoms with Gasteiger partial charge in [-0.1, -0.05) is 61.9 Å². The molecule has 0 aliphatic heterocycles. The molecule has 3 aromatic carbocycles. The zero-order valence-corrected chi connectivity index (χ0v) is 26.4. The highest BCUT2D eigenvalue weighted by atomic mass is 35.5. The summed E-state index contributed by atoms with van der Waals surface area (Å²) >= 11 is 7.20. The summed E-state index contributed by atoms with van der Waals surface area (Å²) in [5.41, 5.74) is 5.27. The SMILES string of the molecule is CC(C)Oc1cc(Cl)ccc1-c1nc(NS(=O)(=O)c2cccc(N)c2F)sc1-c1cccc(OCC(F)(F)C(C)(C)C)c1. The third-order valence-corrected chi connectivity index (χ3v) is 9.05. The minimum absolute atomic E-state index is 0.0807. The molecular formula is C30H31ClF3N3O4S2. The first kappa shape index (κ1) is 32.4. The predicted molar refractivity (Wildman–Crippen MR) is 165 cm³/mol. The number of anilines is 2. The van der Waals surface area contributed by atoms with Gasteiger partial charge in [-0.15, -0.1) is 0 Å². The number of hydrogen-bond acceptors (Lipinski definition) is 7. The van der Waals surface area contributed by atoms with Crippen LogP contribution in [-0.4, -0.2) is 32.0 Å². The first-order valence-electron chi connectivity index (χ1n) is 13.1. The first-order chi connectivity index (χ1) is 20.0. The number of sulfonamides is 1. The van der Waals surface area contributed by atoms with Gasteiger partial charge in [0.2, 0.25) is 0 Å². The van der Waals surface area contributed by atoms with E-state index in [0.29, 0.717) is 32.5 Å². The number of ether oxygens (including phenoxy) is 2. The van der Waals surface area contributed by atoms with Gasteiger partial charge in [0, 0.05) is 16.0 Å². The normalized spacial score (nSPS) is 12.4. The summed E-state index contributed by atoms with van der Waals surface area (Å²) in [7, 11) is -4.43. The lowest BCUT2D eigenvalue weighted by atomic mass is 9.88. The zero-order chi connectivity index (χ0) is 31.7. The highest BCUT2D eigenvalue weighted by molar-refractivity contribution is 7.93. The molecule has 0 bridgehead atoms. The van der Waals surface area contributed by atoms with Crippen LogP contribution in [0.5, 0.6) is 11.5 Å². The minimum Gasteiger partial charge on any atom is -0.490 e. The van der Waals surface area contributed by atoms with E-state index in [-0.39, 0.29) is 22.7 Å². The molecule has 3 N–H and O–H groups in total. The van der Waals surface area contributed by atoms with Crippen molar-refractivity contribution < 1.29 is 31.1 Å². The Balaban J connectivity index is 1.82. The highest BCUT2D eigenvalue weighted by Gasteiger charge is 2.43. The summed E-state index contributed by atoms with van der Waals surface area (Å²) in [4.78, 5) is 4.38. The second-order valence-electron chi connectivity index (χ2n) is 11.0. The summed E-state index contributed by atoms with van der Waals surface area (Å²) < 4.78 is 84.0. The molecule has 0 unspecified atom stereocenters. The maximum atomic E-state index is 14.6. The van der Waals surface area contributed by atoms with Crippen molar-refractivity contribution in [2.24, 2.45) is 5.41 Å². The van der Waals surface area contributed by atoms with Crippen molar-refractivity contribution >= 4 is 43.8 Å². The Hall–Kier alpha value is -3.48. The van der Waals surface area contributed by atoms with Crippen LogP contribution in [0.1, 0.15) is 34.6 Å². The van der Waals surface area contributed by atoms with Crippen molar-refractivity contribution in [1.29, 1.82) is 0 Å². The number of nitrogen functional groups attached to an aromatic ring is 1. The van der Waals surface area contributed by atoms with E-state index in [4.69, 9.17) is 26.8 Å². The molecule has 0 saturated carbocycles. The average Bonchev–Trinajstić information content (AvgIpc) is 3.31. The van der Waals surface area contributed by atoms with E-state index in [1.165, 1.54) is 32.9 Å². The number of thiazole rings is 1. The third kappa shape index (κ3) is 7.36. The Bertz CT molecular complexity index is 1740. The van der Waals surface area contributed by atoms with Crippen LogP contribution >= 0.6 is 22.9 Å². The Morgan fingerprint density at radius 3 is 2.44 bits per heavy atom. The number of alkyl halides is 2. The molecule has 4 aromatic rings. The molecule has 1 aromatic heterocycles. The molecule has 7 nitrogen and oxygen atoms in total. The highest BCUT2D eigenvalue weighted by Crippen LogP contribution is 2.45. The van der Waals surface area contributed by atoms with Crippen LogP contribution in [0.25, 0.3) is 21.7 Å². The molecule has 43 heavy (non-hydrogen) atoms. The number of nitrogens with zero attached hydrogens (tertiary/aromatic N) is 1. The van der Waals surface area contributed by atoms with Gasteiger partial charge < -0.3 is 15.2 Å². The number of rotatable bonds is 10. The number of aromatic nitrogens is 1. The third-order valence-electron chi connectivity index (χ3n) is 6.31. The standard InChI is InChI=1S/C30H31ClF3N3O4S2/c1-17(2)41-23-15-19(31)12-13-21(23)26-27(18-8-6-9-20(14-18)40-16-30(33,34)29(3,4)5)42-28(36-26)37-43(38,39)24-11-7-10-22(35)25(24)32/h6-15,17H,16,35H2,1-5H3,(H,36,37). The summed E-state index contributed by atoms with van der Waals surface area (Å²) in [5, 5.41) is 0.326. The van der Waals surface area contributed by atoms with Crippen molar-refractivity contribution in [2.75, 3.05) is 17.1 Å². The quantitative estimate of drug-likeness (QED) is 0.166. The molecule has 230 valence electrons. The molecule has 1 heterocycles. The molecule has 0 saturated heterocycles. The van der Waals surface area contributed by atoms with E-state index in [9.17, 15) is 21.6 Å². The van der Waals surface area contributed by atoms with Gasteiger partial charge in [-0.25, -0.2) is 26.6 Å². The average molecular weight is 654 g/mol. The lowest BCUT2D eigenvalue weighted by Crippen LogP contribution is -2.39. The van der Waals surface area contributed by atoms with Crippen LogP contribution in [0.4, 0.5) is 24.0 Å². The van der Waals surface area contributed by atoms with E-state index in [2.05, 4.69) is 9.71 Å². The van der Waals surface area contributed by atoms with E-state index in [1.54, 1.807) is 42.5 Å². The van der Waals surface area contributed by atoms with Gasteiger partial charge in [0.25, 0.3) is 15.9 Å². The largest absolute Gasteiger partial charge is 0.490 e. The molecular weight excluding hydrogens is 623 g/mol. The fourth-order valence-electron chi connectivity index (χ4n) is 3.81. The van der Waals surface area contributed by atoms with Crippen molar-refractivity contribution in [3.05, 3.63) is 71.5 Å². The van der Waals surface area contributed by atoms with E-state index in [1.807, 2.05) is 13.8 Å². The lowest BCUT2D eigenvalue weighted by Gasteiger charge is -2.30. The maximum absolute atomic E-state index is 14.6. The fraction of sp³-hybridized carbons (Fsp3) is 0.300. The van der Waals surface area contributed by atoms with Crippen LogP contribution in [0.2, 0.25) is 5.02 Å². The number of nitrogens with two attached hydrogens (primary N) is 1. The Kier molecular flexibility index (Phi) is 9.24. The van der Waals surface area contributed by atoms with E-state index >= 15 is 0 Å². The smallest absolute Gasteiger partial charge is 0.286 e. The number of benzene rings is 3. The predicted octanol–water partition coefficient (Wildman–Crippen LogP) is 8.50. The molecule has 0 aliphatic rings. The van der Waals surface area contributed by atoms with Crippen LogP contribution in [-0.2, 0) is 10.0 Å². The molecule has 4 rings (SSSR count). The van der Waals surface area contributed by atoms with Crippen molar-refractivity contribution in [2.45, 2.75) is 51.5 Å². The van der Waals surface area contributed by atoms with Gasteiger partial charge in [0.05, 0.1) is 22.4 Å². The Labute approximate surface area is 257 Å². The number of hydrogen-bond donors (Lipinski definition) is 2. The van der Waals surface area contributed by atoms with Crippen LogP contribution in [0.3, 0.4) is 0 Å². The van der Waals surface area contributed by atoms with Crippen molar-refractivity contribution in [1.82, 2.24) is 4.98 Å². The zero-order valence-electron chi connectivity index (χ0n) is 24.0. The van der Waals surface area contributed by atoms with Crippen LogP contribution < -0.4 is 19.9 Å². The lowest BCUT2D eigenvalue weighted by molar-refractivity contribution is -0.123. The van der Waals surface area contributed by atoms with Crippen molar-refractivity contribution in [3.8, 4) is 33.2 Å². The summed E-state index contributed by atoms with van der Waals surface area (Å²) in [6.07, 6.45) is -0.231. The molecule has 0 aliphatic carbocycles. The molecule has 0 fully saturated rings. The van der Waals surface area contributed by atoms with Gasteiger partial charge in [-0.05, 0) is 61.9 Å². The van der Waals surface area contributed by atoms with Gasteiger partial charge >= 0.3 is 0 Å². The maximum Gasteiger partial charge on any atom is 0.286 e. The van der Waals surface area contributed by atoms with Gasteiger partial charge in [0.1, 0.15) is 16.4 Å². The Morgan fingerprint density at radius 2 is 1.77 bits per heavy atom. The summed E-state index contributed by atoms with van der Waals surface area (Å²) in [5.74, 6) is -3.62. The monoisotopic (exact) mass is 653 g/mol. The summed E-state index contributed by atoms with van der Waals surface area (Å²) in [6.45, 7) is 7.11. The Morgan fingerprint density at radius 1 is 1.07 bits per heavy atom. The van der Waals surface area contributed by atoms with Crippen LogP contribution in [0, 0.1) is 11.2 Å². The fourth-order valence-corrected chi connectivity index (χ4v) is 6.29. The van der Waals surface area contributed by atoms with Crippen molar-refractivity contribution in [3.63, 3.8) is 0 Å². The first-order valence-corrected chi connectivity index (χ1v) is 15.8. The summed E-state index contributed by atoms with van der Waals surface area (Å²) in [6, 6.07) is 15.0. The second kappa shape index (κ2) is 12.3. The molecule has 0 amide bonds. The van der Waals surface area contributed by atoms with Crippen LogP contribution in [0.15, 0.2) is 65.6 Å². The number of halogens is 4. The van der Waals surface area contributed by atoms with Gasteiger partial charge in [0.15, 0.2) is 17.6 Å². The van der Waals surface area contributed by atoms with E-state index < -0.39 is 38.7 Å². The van der Waals surface area contributed by atoms with E-state index in [0.717, 1.165) is 17.4 Å². The van der Waals surface area contributed by atoms with Gasteiger partial charge in [-0.2, -0.15) is 0 Å². The molecule has 0 spiro atoms.